The Morgan fingerprint density at radius 1 is 1.21 bits per heavy atom. The molecule has 1 aromatic rings. The second-order valence-electron chi connectivity index (χ2n) is 4.05. The maximum absolute atomic E-state index is 12.0. The molecule has 1 aromatic heterocycles. The van der Waals surface area contributed by atoms with Gasteiger partial charge < -0.3 is 10.7 Å². The highest BCUT2D eigenvalue weighted by Gasteiger charge is 2.25. The lowest BCUT2D eigenvalue weighted by molar-refractivity contribution is -0.135. The second kappa shape index (κ2) is 7.13. The van der Waals surface area contributed by atoms with E-state index in [1.54, 1.807) is 0 Å². The highest BCUT2D eigenvalue weighted by molar-refractivity contribution is 5.56. The highest BCUT2D eigenvalue weighted by atomic mass is 19.4. The molecule has 8 heteroatoms. The van der Waals surface area contributed by atoms with Crippen LogP contribution in [0.5, 0.6) is 0 Å². The normalized spacial score (nSPS) is 11.4. The molecule has 4 N–H and O–H groups in total. The number of nitrogens with one attached hydrogen (secondary N) is 2. The average Bonchev–Trinajstić information content (AvgIpc) is 2.36. The van der Waals surface area contributed by atoms with Crippen molar-refractivity contribution in [3.63, 3.8) is 0 Å². The maximum Gasteiger partial charge on any atom is 0.389 e. The summed E-state index contributed by atoms with van der Waals surface area (Å²) in [5, 5.41) is 3.01. The van der Waals surface area contributed by atoms with Crippen molar-refractivity contribution < 1.29 is 13.2 Å². The van der Waals surface area contributed by atoms with Crippen molar-refractivity contribution in [2.24, 2.45) is 5.84 Å². The number of unbranched alkanes of at least 4 members (excludes halogenated alkanes) is 1. The number of hydrazine groups is 1. The number of alkyl halides is 3. The third kappa shape index (κ3) is 5.29. The quantitative estimate of drug-likeness (QED) is 0.405. The summed E-state index contributed by atoms with van der Waals surface area (Å²) < 4.78 is 35.9. The molecule has 1 heterocycles. The van der Waals surface area contributed by atoms with Crippen LogP contribution in [0.4, 0.5) is 24.8 Å². The van der Waals surface area contributed by atoms with E-state index >= 15 is 0 Å². The van der Waals surface area contributed by atoms with E-state index in [1.807, 2.05) is 6.92 Å². The smallest absolute Gasteiger partial charge is 0.370 e. The summed E-state index contributed by atoms with van der Waals surface area (Å²) >= 11 is 0. The van der Waals surface area contributed by atoms with Crippen molar-refractivity contribution in [3.8, 4) is 0 Å². The summed E-state index contributed by atoms with van der Waals surface area (Å²) in [7, 11) is 0. The van der Waals surface area contributed by atoms with Gasteiger partial charge in [-0.2, -0.15) is 13.2 Å². The molecule has 0 aliphatic heterocycles. The van der Waals surface area contributed by atoms with Crippen LogP contribution >= 0.6 is 0 Å². The molecule has 0 aliphatic rings. The zero-order valence-corrected chi connectivity index (χ0v) is 10.7. The monoisotopic (exact) mass is 277 g/mol. The standard InChI is InChI=1S/C11H18F3N5/c1-2-8-9(17-7-18-10(8)19-15)16-6-4-3-5-11(12,13)14/h7H,2-6,15H2,1H3,(H2,16,17,18,19). The van der Waals surface area contributed by atoms with E-state index in [2.05, 4.69) is 20.7 Å². The summed E-state index contributed by atoms with van der Waals surface area (Å²) in [6.45, 7) is 2.36. The Balaban J connectivity index is 2.45. The van der Waals surface area contributed by atoms with Gasteiger partial charge in [0, 0.05) is 18.5 Å². The van der Waals surface area contributed by atoms with Crippen LogP contribution in [0.2, 0.25) is 0 Å². The molecule has 0 bridgehead atoms. The lowest BCUT2D eigenvalue weighted by Crippen LogP contribution is -2.14. The first-order valence-corrected chi connectivity index (χ1v) is 6.09. The summed E-state index contributed by atoms with van der Waals surface area (Å²) in [5.74, 6) is 6.46. The van der Waals surface area contributed by atoms with E-state index < -0.39 is 12.6 Å². The second-order valence-corrected chi connectivity index (χ2v) is 4.05. The molecule has 1 rings (SSSR count). The van der Waals surface area contributed by atoms with Gasteiger partial charge >= 0.3 is 6.18 Å². The van der Waals surface area contributed by atoms with Crippen molar-refractivity contribution in [3.05, 3.63) is 11.9 Å². The number of anilines is 2. The van der Waals surface area contributed by atoms with Crippen molar-refractivity contribution in [2.45, 2.75) is 38.8 Å². The first kappa shape index (κ1) is 15.5. The predicted molar refractivity (Wildman–Crippen MR) is 67.6 cm³/mol. The Morgan fingerprint density at radius 2 is 1.89 bits per heavy atom. The van der Waals surface area contributed by atoms with Gasteiger partial charge in [-0.3, -0.25) is 0 Å². The molecule has 108 valence electrons. The minimum absolute atomic E-state index is 0.102. The minimum Gasteiger partial charge on any atom is -0.370 e. The van der Waals surface area contributed by atoms with Gasteiger partial charge in [0.05, 0.1) is 0 Å². The minimum atomic E-state index is -4.08. The van der Waals surface area contributed by atoms with Crippen LogP contribution in [0.1, 0.15) is 31.7 Å². The molecule has 19 heavy (non-hydrogen) atoms. The Morgan fingerprint density at radius 3 is 2.47 bits per heavy atom. The number of aromatic nitrogens is 2. The largest absolute Gasteiger partial charge is 0.389 e. The van der Waals surface area contributed by atoms with Gasteiger partial charge in [0.2, 0.25) is 0 Å². The number of nitrogens with zero attached hydrogens (tertiary/aromatic N) is 2. The molecule has 0 fully saturated rings. The Labute approximate surface area is 109 Å². The molecule has 0 radical (unpaired) electrons. The fourth-order valence-electron chi connectivity index (χ4n) is 1.68. The first-order chi connectivity index (χ1) is 8.98. The molecule has 0 saturated heterocycles. The summed E-state index contributed by atoms with van der Waals surface area (Å²) in [4.78, 5) is 8.03. The van der Waals surface area contributed by atoms with E-state index in [-0.39, 0.29) is 6.42 Å². The van der Waals surface area contributed by atoms with Gasteiger partial charge in [-0.15, -0.1) is 0 Å². The maximum atomic E-state index is 12.0. The van der Waals surface area contributed by atoms with E-state index in [9.17, 15) is 13.2 Å². The van der Waals surface area contributed by atoms with Crippen LogP contribution in [-0.2, 0) is 6.42 Å². The Hall–Kier alpha value is -1.57. The lowest BCUT2D eigenvalue weighted by atomic mass is 10.2. The van der Waals surface area contributed by atoms with Gasteiger partial charge in [-0.05, 0) is 19.3 Å². The number of hydrogen-bond acceptors (Lipinski definition) is 5. The van der Waals surface area contributed by atoms with Crippen LogP contribution in [0.3, 0.4) is 0 Å². The molecular weight excluding hydrogens is 259 g/mol. The number of nitrogens with two attached hydrogens (primary N) is 1. The predicted octanol–water partition coefficient (Wildman–Crippen LogP) is 2.47. The summed E-state index contributed by atoms with van der Waals surface area (Å²) in [6.07, 6.45) is -2.28. The van der Waals surface area contributed by atoms with E-state index in [0.717, 1.165) is 5.56 Å². The molecule has 0 saturated carbocycles. The number of nitrogen functional groups attached to an aromatic ring is 1. The Kier molecular flexibility index (Phi) is 5.81. The van der Waals surface area contributed by atoms with Crippen molar-refractivity contribution in [2.75, 3.05) is 17.3 Å². The molecule has 0 aromatic carbocycles. The van der Waals surface area contributed by atoms with Crippen LogP contribution in [-0.4, -0.2) is 22.7 Å². The van der Waals surface area contributed by atoms with E-state index in [4.69, 9.17) is 5.84 Å². The molecule has 0 spiro atoms. The Bertz CT molecular complexity index is 394. The molecular formula is C11H18F3N5. The van der Waals surface area contributed by atoms with Gasteiger partial charge in [0.1, 0.15) is 18.0 Å². The van der Waals surface area contributed by atoms with Gasteiger partial charge in [-0.1, -0.05) is 6.92 Å². The number of hydrogen-bond donors (Lipinski definition) is 3. The topological polar surface area (TPSA) is 75.9 Å². The summed E-state index contributed by atoms with van der Waals surface area (Å²) in [5.41, 5.74) is 3.29. The fraction of sp³-hybridized carbons (Fsp3) is 0.636. The first-order valence-electron chi connectivity index (χ1n) is 6.09. The third-order valence-corrected chi connectivity index (χ3v) is 2.62. The van der Waals surface area contributed by atoms with Crippen LogP contribution < -0.4 is 16.6 Å². The fourth-order valence-corrected chi connectivity index (χ4v) is 1.68. The van der Waals surface area contributed by atoms with Crippen LogP contribution in [0, 0.1) is 0 Å². The van der Waals surface area contributed by atoms with Crippen molar-refractivity contribution in [1.82, 2.24) is 9.97 Å². The van der Waals surface area contributed by atoms with Crippen LogP contribution in [0.15, 0.2) is 6.33 Å². The number of rotatable bonds is 7. The molecule has 0 amide bonds. The molecule has 0 unspecified atom stereocenters. The lowest BCUT2D eigenvalue weighted by Gasteiger charge is -2.12. The van der Waals surface area contributed by atoms with Crippen molar-refractivity contribution in [1.29, 1.82) is 0 Å². The van der Waals surface area contributed by atoms with Crippen molar-refractivity contribution >= 4 is 11.6 Å². The molecule has 5 nitrogen and oxygen atoms in total. The number of halogens is 3. The van der Waals surface area contributed by atoms with E-state index in [1.165, 1.54) is 6.33 Å². The van der Waals surface area contributed by atoms with E-state index in [0.29, 0.717) is 31.0 Å². The molecule has 0 aliphatic carbocycles. The third-order valence-electron chi connectivity index (χ3n) is 2.62. The zero-order valence-electron chi connectivity index (χ0n) is 10.7. The SMILES string of the molecule is CCc1c(NN)ncnc1NCCCCC(F)(F)F. The highest BCUT2D eigenvalue weighted by Crippen LogP contribution is 2.23. The summed E-state index contributed by atoms with van der Waals surface area (Å²) in [6, 6.07) is 0. The molecule has 0 atom stereocenters. The van der Waals surface area contributed by atoms with Gasteiger partial charge in [0.15, 0.2) is 0 Å². The average molecular weight is 277 g/mol. The zero-order chi connectivity index (χ0) is 14.3. The van der Waals surface area contributed by atoms with Gasteiger partial charge in [-0.25, -0.2) is 15.8 Å². The van der Waals surface area contributed by atoms with Crippen LogP contribution in [0.25, 0.3) is 0 Å². The van der Waals surface area contributed by atoms with Gasteiger partial charge in [0.25, 0.3) is 0 Å².